The maximum atomic E-state index is 14.0. The molecule has 0 spiro atoms. The van der Waals surface area contributed by atoms with Gasteiger partial charge in [0.15, 0.2) is 5.69 Å². The molecule has 1 aromatic carbocycles. The van der Waals surface area contributed by atoms with E-state index in [1.807, 2.05) is 26.0 Å². The van der Waals surface area contributed by atoms with E-state index in [0.717, 1.165) is 23.4 Å². The molecule has 2 atom stereocenters. The lowest BCUT2D eigenvalue weighted by Gasteiger charge is -2.41. The molecule has 0 unspecified atom stereocenters. The number of amides is 2. The zero-order chi connectivity index (χ0) is 27.8. The quantitative estimate of drug-likeness (QED) is 0.395. The van der Waals surface area contributed by atoms with Gasteiger partial charge in [-0.3, -0.25) is 9.59 Å². The highest BCUT2D eigenvalue weighted by molar-refractivity contribution is 5.94. The number of hydrogen-bond acceptors (Lipinski definition) is 7. The predicted molar refractivity (Wildman–Crippen MR) is 138 cm³/mol. The number of carbonyl (C=O) groups excluding carboxylic acids is 1. The highest BCUT2D eigenvalue weighted by Gasteiger charge is 2.39. The Morgan fingerprint density at radius 1 is 1.11 bits per heavy atom. The molecule has 3 rings (SSSR count). The lowest BCUT2D eigenvalue weighted by molar-refractivity contribution is -0.144. The zero-order valence-electron chi connectivity index (χ0n) is 22.4. The number of aromatic nitrogens is 3. The highest BCUT2D eigenvalue weighted by Crippen LogP contribution is 2.26. The summed E-state index contributed by atoms with van der Waals surface area (Å²) in [5.41, 5.74) is 1.53. The van der Waals surface area contributed by atoms with Gasteiger partial charge in [0.2, 0.25) is 0 Å². The molecular formula is C26H37N5O7. The highest BCUT2D eigenvalue weighted by atomic mass is 16.5. The third kappa shape index (κ3) is 7.00. The Balaban J connectivity index is 1.99. The van der Waals surface area contributed by atoms with E-state index in [-0.39, 0.29) is 37.0 Å². The van der Waals surface area contributed by atoms with E-state index in [0.29, 0.717) is 31.0 Å². The van der Waals surface area contributed by atoms with E-state index in [1.54, 1.807) is 35.9 Å². The van der Waals surface area contributed by atoms with Crippen LogP contribution < -0.4 is 4.74 Å². The topological polar surface area (TPSA) is 147 Å². The number of carbonyl (C=O) groups is 3. The third-order valence-corrected chi connectivity index (χ3v) is 6.61. The average Bonchev–Trinajstić information content (AvgIpc) is 3.32. The van der Waals surface area contributed by atoms with E-state index in [4.69, 9.17) is 9.47 Å². The van der Waals surface area contributed by atoms with Gasteiger partial charge in [-0.05, 0) is 55.9 Å². The Labute approximate surface area is 222 Å². The van der Waals surface area contributed by atoms with Gasteiger partial charge in [0, 0.05) is 33.4 Å². The van der Waals surface area contributed by atoms with Crippen molar-refractivity contribution in [1.29, 1.82) is 0 Å². The van der Waals surface area contributed by atoms with Crippen LogP contribution in [0.5, 0.6) is 5.75 Å². The first-order valence-electron chi connectivity index (χ1n) is 12.8. The van der Waals surface area contributed by atoms with Gasteiger partial charge in [-0.1, -0.05) is 19.1 Å². The summed E-state index contributed by atoms with van der Waals surface area (Å²) in [5.74, 6) is -1.63. The van der Waals surface area contributed by atoms with Gasteiger partial charge in [-0.15, -0.1) is 5.10 Å². The number of likely N-dealkylation sites (tertiary alicyclic amines) is 1. The van der Waals surface area contributed by atoms with Crippen LogP contribution in [-0.2, 0) is 16.0 Å². The van der Waals surface area contributed by atoms with Crippen LogP contribution in [0, 0.1) is 11.8 Å². The Morgan fingerprint density at radius 2 is 1.82 bits per heavy atom. The minimum Gasteiger partial charge on any atom is -0.497 e. The van der Waals surface area contributed by atoms with Crippen LogP contribution in [0.25, 0.3) is 5.69 Å². The number of nitrogens with zero attached hydrogens (tertiary/aromatic N) is 5. The predicted octanol–water partition coefficient (Wildman–Crippen LogP) is 2.80. The number of rotatable bonds is 12. The van der Waals surface area contributed by atoms with E-state index >= 15 is 0 Å². The van der Waals surface area contributed by atoms with Crippen LogP contribution in [0.1, 0.15) is 49.3 Å². The monoisotopic (exact) mass is 531 g/mol. The van der Waals surface area contributed by atoms with Gasteiger partial charge in [0.05, 0.1) is 30.5 Å². The maximum Gasteiger partial charge on any atom is 0.407 e. The van der Waals surface area contributed by atoms with Crippen LogP contribution in [-0.4, -0.2) is 99.5 Å². The van der Waals surface area contributed by atoms with Crippen LogP contribution in [0.2, 0.25) is 0 Å². The first-order chi connectivity index (χ1) is 18.2. The van der Waals surface area contributed by atoms with Crippen LogP contribution in [0.15, 0.2) is 24.3 Å². The first kappa shape index (κ1) is 28.9. The lowest BCUT2D eigenvalue weighted by atomic mass is 9.92. The number of aliphatic carboxylic acids is 1. The molecule has 12 nitrogen and oxygen atoms in total. The first-order valence-corrected chi connectivity index (χ1v) is 12.8. The molecule has 2 amide bonds. The Kier molecular flexibility index (Phi) is 10.1. The minimum atomic E-state index is -1.21. The molecule has 1 fully saturated rings. The summed E-state index contributed by atoms with van der Waals surface area (Å²) in [7, 11) is 3.22. The van der Waals surface area contributed by atoms with Crippen LogP contribution >= 0.6 is 0 Å². The summed E-state index contributed by atoms with van der Waals surface area (Å²) in [5, 5.41) is 27.9. The Bertz CT molecular complexity index is 1080. The van der Waals surface area contributed by atoms with Gasteiger partial charge in [0.1, 0.15) is 5.75 Å². The second-order valence-corrected chi connectivity index (χ2v) is 9.91. The standard InChI is InChI=1S/C26H37N5O7/c1-17(2)14-30(20-13-18(25(33)34)15-29(16-20)26(35)36)24(32)23-22(7-5-6-12-37-3)31(28-27-23)19-8-10-21(38-4)11-9-19/h8-11,17-18,20H,5-7,12-16H2,1-4H3,(H,33,34)(H,35,36)/t18-,20+/m1/s1. The van der Waals surface area contributed by atoms with E-state index in [9.17, 15) is 24.6 Å². The molecule has 1 aliphatic rings. The number of carboxylic acids is 1. The van der Waals surface area contributed by atoms with Gasteiger partial charge < -0.3 is 29.5 Å². The SMILES string of the molecule is COCCCCc1c(C(=O)N(CC(C)C)[C@H]2C[C@@H](C(=O)O)CN(C(=O)O)C2)nnn1-c1ccc(OC)cc1. The summed E-state index contributed by atoms with van der Waals surface area (Å²) in [6.45, 7) is 4.73. The Morgan fingerprint density at radius 3 is 2.39 bits per heavy atom. The van der Waals surface area contributed by atoms with Gasteiger partial charge in [0.25, 0.3) is 5.91 Å². The molecule has 1 aliphatic heterocycles. The van der Waals surface area contributed by atoms with E-state index in [1.165, 1.54) is 0 Å². The van der Waals surface area contributed by atoms with Crippen molar-refractivity contribution in [2.75, 3.05) is 40.5 Å². The molecule has 0 bridgehead atoms. The molecule has 1 saturated heterocycles. The van der Waals surface area contributed by atoms with Crippen LogP contribution in [0.4, 0.5) is 4.79 Å². The lowest BCUT2D eigenvalue weighted by Crippen LogP contribution is -2.56. The minimum absolute atomic E-state index is 0.0351. The molecule has 2 N–H and O–H groups in total. The van der Waals surface area contributed by atoms with Crippen molar-refractivity contribution >= 4 is 18.0 Å². The van der Waals surface area contributed by atoms with Crippen molar-refractivity contribution in [2.24, 2.45) is 11.8 Å². The Hall–Kier alpha value is -3.67. The van der Waals surface area contributed by atoms with Crippen molar-refractivity contribution in [3.63, 3.8) is 0 Å². The van der Waals surface area contributed by atoms with Crippen molar-refractivity contribution in [3.8, 4) is 11.4 Å². The molecule has 208 valence electrons. The normalized spacial score (nSPS) is 17.4. The largest absolute Gasteiger partial charge is 0.497 e. The molecular weight excluding hydrogens is 494 g/mol. The van der Waals surface area contributed by atoms with Gasteiger partial charge >= 0.3 is 12.1 Å². The number of piperidine rings is 1. The number of ether oxygens (including phenoxy) is 2. The molecule has 0 saturated carbocycles. The zero-order valence-corrected chi connectivity index (χ0v) is 22.4. The summed E-state index contributed by atoms with van der Waals surface area (Å²) in [6, 6.07) is 6.65. The molecule has 1 aromatic heterocycles. The van der Waals surface area contributed by atoms with Crippen molar-refractivity contribution in [3.05, 3.63) is 35.7 Å². The maximum absolute atomic E-state index is 14.0. The number of unbranched alkanes of at least 4 members (excludes halogenated alkanes) is 1. The van der Waals surface area contributed by atoms with Crippen molar-refractivity contribution in [2.45, 2.75) is 45.6 Å². The molecule has 0 aliphatic carbocycles. The number of hydrogen-bond donors (Lipinski definition) is 2. The number of carboxylic acid groups (broad SMARTS) is 2. The van der Waals surface area contributed by atoms with Crippen molar-refractivity contribution < 1.29 is 34.1 Å². The summed E-state index contributed by atoms with van der Waals surface area (Å²) in [6.07, 6.45) is 0.987. The molecule has 2 aromatic rings. The molecule has 2 heterocycles. The third-order valence-electron chi connectivity index (χ3n) is 6.61. The second-order valence-electron chi connectivity index (χ2n) is 9.91. The van der Waals surface area contributed by atoms with Gasteiger partial charge in [-0.2, -0.15) is 0 Å². The molecule has 12 heteroatoms. The summed E-state index contributed by atoms with van der Waals surface area (Å²) < 4.78 is 12.1. The fourth-order valence-electron chi connectivity index (χ4n) is 4.72. The summed E-state index contributed by atoms with van der Waals surface area (Å²) >= 11 is 0. The fraction of sp³-hybridized carbons (Fsp3) is 0.577. The van der Waals surface area contributed by atoms with Gasteiger partial charge in [-0.25, -0.2) is 9.48 Å². The number of methoxy groups -OCH3 is 2. The number of benzene rings is 1. The molecule has 38 heavy (non-hydrogen) atoms. The van der Waals surface area contributed by atoms with Crippen molar-refractivity contribution in [1.82, 2.24) is 24.8 Å². The summed E-state index contributed by atoms with van der Waals surface area (Å²) in [4.78, 5) is 40.3. The second kappa shape index (κ2) is 13.2. The fourth-order valence-corrected chi connectivity index (χ4v) is 4.72. The smallest absolute Gasteiger partial charge is 0.407 e. The molecule has 0 radical (unpaired) electrons. The van der Waals surface area contributed by atoms with Crippen LogP contribution in [0.3, 0.4) is 0 Å². The average molecular weight is 532 g/mol. The van der Waals surface area contributed by atoms with E-state index in [2.05, 4.69) is 10.3 Å². The van der Waals surface area contributed by atoms with E-state index < -0.39 is 24.0 Å².